The monoisotopic (exact) mass is 600 g/mol. The van der Waals surface area contributed by atoms with Crippen molar-refractivity contribution in [2.75, 3.05) is 4.90 Å². The number of benzene rings is 6. The van der Waals surface area contributed by atoms with Crippen LogP contribution in [0.3, 0.4) is 0 Å². The highest BCUT2D eigenvalue weighted by Crippen LogP contribution is 2.50. The van der Waals surface area contributed by atoms with E-state index in [1.165, 1.54) is 22.3 Å². The van der Waals surface area contributed by atoms with Crippen LogP contribution in [0.25, 0.3) is 55.0 Å². The molecule has 0 saturated carbocycles. The van der Waals surface area contributed by atoms with Crippen molar-refractivity contribution in [2.24, 2.45) is 0 Å². The standard InChI is InChI=1S/C41H23BN3O2/c46-41-44-31-15-5-3-12-27(31)42(28-13-8-18-35-37(28)26-10-2-6-17-34(26)47-35)29-21-19-23-20-22-33-40(36(23)39(29)44)45(41)32-16-7-11-25-24-9-1-4-14-30(24)43(33)38(25)32/h1-22,38H/q+1. The molecule has 0 saturated heterocycles. The number of allylic oxidation sites excluding steroid dienone is 2. The van der Waals surface area contributed by atoms with Crippen molar-refractivity contribution in [3.05, 3.63) is 155 Å². The van der Waals surface area contributed by atoms with Crippen molar-refractivity contribution < 1.29 is 8.66 Å². The van der Waals surface area contributed by atoms with Crippen molar-refractivity contribution in [1.82, 2.24) is 4.57 Å². The summed E-state index contributed by atoms with van der Waals surface area (Å²) in [6.45, 7) is -0.0950. The van der Waals surface area contributed by atoms with E-state index in [0.717, 1.165) is 71.8 Å². The zero-order chi connectivity index (χ0) is 30.5. The number of furan rings is 1. The van der Waals surface area contributed by atoms with Gasteiger partial charge in [-0.1, -0.05) is 103 Å². The van der Waals surface area contributed by atoms with Gasteiger partial charge in [-0.15, -0.1) is 0 Å². The van der Waals surface area contributed by atoms with Crippen LogP contribution in [0.4, 0.5) is 11.4 Å². The van der Waals surface area contributed by atoms with Gasteiger partial charge in [0.15, 0.2) is 5.52 Å². The van der Waals surface area contributed by atoms with E-state index in [1.54, 1.807) is 0 Å². The number of rotatable bonds is 1. The molecule has 1 atom stereocenters. The zero-order valence-corrected chi connectivity index (χ0v) is 25.0. The largest absolute Gasteiger partial charge is 0.509 e. The Kier molecular flexibility index (Phi) is 4.20. The molecule has 0 bridgehead atoms. The predicted molar refractivity (Wildman–Crippen MR) is 189 cm³/mol. The van der Waals surface area contributed by atoms with Gasteiger partial charge in [0.1, 0.15) is 34.1 Å². The van der Waals surface area contributed by atoms with Gasteiger partial charge in [-0.25, -0.2) is 0 Å². The summed E-state index contributed by atoms with van der Waals surface area (Å²) in [5.74, 6) is 0. The van der Waals surface area contributed by atoms with Crippen LogP contribution in [0, 0.1) is 5.71 Å². The molecule has 0 fully saturated rings. The van der Waals surface area contributed by atoms with Crippen LogP contribution >= 0.6 is 0 Å². The first-order valence-corrected chi connectivity index (χ1v) is 16.1. The van der Waals surface area contributed by atoms with Crippen LogP contribution in [0.5, 0.6) is 0 Å². The molecule has 216 valence electrons. The summed E-state index contributed by atoms with van der Waals surface area (Å²) in [5, 5.41) is 4.47. The Morgan fingerprint density at radius 1 is 0.681 bits per heavy atom. The Bertz CT molecular complexity index is 2970. The summed E-state index contributed by atoms with van der Waals surface area (Å²) < 4.78 is 10.4. The second-order valence-corrected chi connectivity index (χ2v) is 13.0. The van der Waals surface area contributed by atoms with Gasteiger partial charge < -0.3 is 9.32 Å². The van der Waals surface area contributed by atoms with Crippen molar-refractivity contribution in [1.29, 1.82) is 0 Å². The van der Waals surface area contributed by atoms with Crippen LogP contribution in [-0.4, -0.2) is 17.3 Å². The molecule has 6 aromatic carbocycles. The molecule has 1 unspecified atom stereocenters. The average Bonchev–Trinajstić information content (AvgIpc) is 3.67. The Morgan fingerprint density at radius 2 is 1.47 bits per heavy atom. The van der Waals surface area contributed by atoms with Crippen LogP contribution < -0.4 is 31.2 Å². The minimum absolute atomic E-state index is 0.0342. The van der Waals surface area contributed by atoms with E-state index < -0.39 is 0 Å². The van der Waals surface area contributed by atoms with Gasteiger partial charge in [-0.05, 0) is 58.3 Å². The van der Waals surface area contributed by atoms with E-state index in [4.69, 9.17) is 4.42 Å². The quantitative estimate of drug-likeness (QED) is 0.178. The first kappa shape index (κ1) is 24.1. The van der Waals surface area contributed by atoms with Gasteiger partial charge in [0.05, 0.1) is 11.1 Å². The van der Waals surface area contributed by atoms with Crippen LogP contribution in [0.15, 0.2) is 143 Å². The normalized spacial score (nSPS) is 16.7. The molecule has 0 amide bonds. The van der Waals surface area contributed by atoms with Gasteiger partial charge >= 0.3 is 5.69 Å². The molecule has 6 heteroatoms. The highest BCUT2D eigenvalue weighted by molar-refractivity contribution is 6.99. The maximum Gasteiger partial charge on any atom is 0.509 e. The number of nitrogens with zero attached hydrogens (tertiary/aromatic N) is 3. The summed E-state index contributed by atoms with van der Waals surface area (Å²) in [7, 11) is 0. The summed E-state index contributed by atoms with van der Waals surface area (Å²) in [6.07, 6.45) is 6.44. The van der Waals surface area contributed by atoms with Crippen LogP contribution in [-0.2, 0) is 0 Å². The third-order valence-corrected chi connectivity index (χ3v) is 10.9. The lowest BCUT2D eigenvalue weighted by Gasteiger charge is -2.33. The van der Waals surface area contributed by atoms with Crippen molar-refractivity contribution >= 4 is 83.8 Å². The fourth-order valence-electron chi connectivity index (χ4n) is 9.15. The van der Waals surface area contributed by atoms with Gasteiger partial charge in [0, 0.05) is 22.0 Å². The molecule has 0 spiro atoms. The molecule has 47 heavy (non-hydrogen) atoms. The third kappa shape index (κ3) is 2.72. The molecule has 2 aromatic heterocycles. The minimum Gasteiger partial charge on any atom is -0.456 e. The molecule has 8 aromatic rings. The molecule has 4 aliphatic rings. The Morgan fingerprint density at radius 3 is 2.43 bits per heavy atom. The first-order valence-electron chi connectivity index (χ1n) is 16.1. The maximum absolute atomic E-state index is 15.2. The fraction of sp³-hybridized carbons (Fsp3) is 0.0244. The van der Waals surface area contributed by atoms with Crippen LogP contribution in [0.1, 0.15) is 5.56 Å². The zero-order valence-electron chi connectivity index (χ0n) is 25.0. The molecular weight excluding hydrogens is 577 g/mol. The Hall–Kier alpha value is -6.14. The number of anilines is 2. The summed E-state index contributed by atoms with van der Waals surface area (Å²) in [4.78, 5) is 17.7. The Labute approximate surface area is 268 Å². The minimum atomic E-state index is -0.0950. The van der Waals surface area contributed by atoms with Crippen LogP contribution in [0.2, 0.25) is 0 Å². The topological polar surface area (TPSA) is 44.3 Å². The highest BCUT2D eigenvalue weighted by Gasteiger charge is 2.47. The molecule has 0 N–H and O–H groups in total. The fourth-order valence-corrected chi connectivity index (χ4v) is 9.15. The number of para-hydroxylation sites is 3. The van der Waals surface area contributed by atoms with E-state index in [-0.39, 0.29) is 18.4 Å². The van der Waals surface area contributed by atoms with E-state index in [1.807, 2.05) is 27.0 Å². The van der Waals surface area contributed by atoms with Crippen molar-refractivity contribution in [3.8, 4) is 5.69 Å². The molecule has 3 aliphatic heterocycles. The molecule has 1 aliphatic carbocycles. The van der Waals surface area contributed by atoms with Crippen molar-refractivity contribution in [3.63, 3.8) is 0 Å². The number of fused-ring (bicyclic) bond motifs is 9. The molecule has 5 nitrogen and oxygen atoms in total. The molecule has 5 heterocycles. The van der Waals surface area contributed by atoms with Crippen molar-refractivity contribution in [2.45, 2.75) is 6.04 Å². The lowest BCUT2D eigenvalue weighted by atomic mass is 9.35. The van der Waals surface area contributed by atoms with Gasteiger partial charge in [0.25, 0.3) is 6.71 Å². The smallest absolute Gasteiger partial charge is 0.456 e. The lowest BCUT2D eigenvalue weighted by molar-refractivity contribution is -0.515. The number of hydrogen-bond acceptors (Lipinski definition) is 3. The molecular formula is C41H23BN3O2+. The van der Waals surface area contributed by atoms with E-state index in [2.05, 4.69) is 120 Å². The predicted octanol–water partition coefficient (Wildman–Crippen LogP) is 5.75. The third-order valence-electron chi connectivity index (χ3n) is 10.9. The second kappa shape index (κ2) is 8.17. The van der Waals surface area contributed by atoms with Gasteiger partial charge in [0.2, 0.25) is 0 Å². The summed E-state index contributed by atoms with van der Waals surface area (Å²) in [6, 6.07) is 40.6. The summed E-state index contributed by atoms with van der Waals surface area (Å²) >= 11 is 0. The maximum atomic E-state index is 15.2. The lowest BCUT2D eigenvalue weighted by Crippen LogP contribution is -2.61. The highest BCUT2D eigenvalue weighted by atomic mass is 16.3. The van der Waals surface area contributed by atoms with E-state index >= 15 is 4.79 Å². The molecule has 12 rings (SSSR count). The first-order chi connectivity index (χ1) is 23.3. The van der Waals surface area contributed by atoms with Gasteiger partial charge in [-0.3, -0.25) is 0 Å². The second-order valence-electron chi connectivity index (χ2n) is 13.0. The SMILES string of the molecule is O=c1n2c3c(ccc4ccc5c(c43)[n+]1=C1C=CC=C3c4ccccc4N5C31)B(c1cccc3oc4ccccc4c13)c1ccccc1-2. The average molecular weight is 600 g/mol. The number of hydrogen-bond donors (Lipinski definition) is 0. The van der Waals surface area contributed by atoms with E-state index in [0.29, 0.717) is 0 Å². The number of aromatic nitrogens is 2. The van der Waals surface area contributed by atoms with E-state index in [9.17, 15) is 0 Å². The summed E-state index contributed by atoms with van der Waals surface area (Å²) in [5.41, 5.74) is 13.7. The Balaban J connectivity index is 1.28. The molecule has 0 radical (unpaired) electrons. The van der Waals surface area contributed by atoms with Gasteiger partial charge in [-0.2, -0.15) is 13.6 Å².